The second-order valence-corrected chi connectivity index (χ2v) is 20.3. The monoisotopic (exact) mass is 980 g/mol. The van der Waals surface area contributed by atoms with Crippen molar-refractivity contribution in [1.29, 1.82) is 0 Å². The lowest BCUT2D eigenvalue weighted by atomic mass is 9.99. The van der Waals surface area contributed by atoms with E-state index in [1.54, 1.807) is 6.08 Å². The molecule has 0 saturated carbocycles. The molecular formula is C58H109NO10. The highest BCUT2D eigenvalue weighted by Crippen LogP contribution is 2.23. The van der Waals surface area contributed by atoms with Crippen LogP contribution in [0, 0.1) is 0 Å². The molecule has 0 aliphatic carbocycles. The Morgan fingerprint density at radius 1 is 0.522 bits per heavy atom. The summed E-state index contributed by atoms with van der Waals surface area (Å²) in [5.41, 5.74) is 0. The Hall–Kier alpha value is -1.86. The van der Waals surface area contributed by atoms with Gasteiger partial charge >= 0.3 is 5.97 Å². The number of unbranched alkanes of at least 4 members (excludes halogenated alkanes) is 34. The van der Waals surface area contributed by atoms with Crippen molar-refractivity contribution in [3.05, 3.63) is 24.3 Å². The van der Waals surface area contributed by atoms with Crippen LogP contribution in [0.1, 0.15) is 271 Å². The minimum Gasteiger partial charge on any atom is -0.466 e. The summed E-state index contributed by atoms with van der Waals surface area (Å²) in [4.78, 5) is 25.0. The fourth-order valence-corrected chi connectivity index (χ4v) is 9.16. The van der Waals surface area contributed by atoms with E-state index >= 15 is 0 Å². The van der Waals surface area contributed by atoms with Crippen molar-refractivity contribution in [3.8, 4) is 0 Å². The lowest BCUT2D eigenvalue weighted by Gasteiger charge is -2.40. The van der Waals surface area contributed by atoms with E-state index in [1.165, 1.54) is 180 Å². The Bertz CT molecular complexity index is 1200. The summed E-state index contributed by atoms with van der Waals surface area (Å²) in [6.45, 7) is 4.29. The summed E-state index contributed by atoms with van der Waals surface area (Å²) < 4.78 is 16.7. The van der Waals surface area contributed by atoms with Crippen molar-refractivity contribution >= 4 is 11.9 Å². The third kappa shape index (κ3) is 38.4. The number of esters is 1. The van der Waals surface area contributed by atoms with Gasteiger partial charge in [-0.3, -0.25) is 9.59 Å². The molecule has 0 radical (unpaired) electrons. The molecule has 1 rings (SSSR count). The van der Waals surface area contributed by atoms with Gasteiger partial charge in [-0.2, -0.15) is 0 Å². The predicted octanol–water partition coefficient (Wildman–Crippen LogP) is 12.9. The Balaban J connectivity index is 2.07. The first-order valence-electron chi connectivity index (χ1n) is 29.1. The molecule has 69 heavy (non-hydrogen) atoms. The zero-order chi connectivity index (χ0) is 50.3. The van der Waals surface area contributed by atoms with E-state index in [1.807, 2.05) is 6.08 Å². The minimum atomic E-state index is -1.58. The molecule has 1 saturated heterocycles. The van der Waals surface area contributed by atoms with Crippen molar-refractivity contribution in [2.24, 2.45) is 0 Å². The lowest BCUT2D eigenvalue weighted by Crippen LogP contribution is -2.60. The fraction of sp³-hybridized carbons (Fsp3) is 0.897. The standard InChI is InChI=1S/C58H109NO10/c1-3-5-7-9-11-13-24-28-32-36-40-44-51(61)50(49-68-58-57(66)56(65)55(64)52(48-60)69-58)59-53(62)45-41-37-33-29-26-22-20-18-16-15-17-19-21-23-27-31-35-39-43-47-67-54(63)46-42-38-34-30-25-14-12-10-8-6-4-2/h24,28,40,44,50-52,55-58,60-61,64-66H,3-23,25-27,29-39,41-43,45-49H2,1-2H3,(H,59,62)/b28-24+,44-40+. The van der Waals surface area contributed by atoms with E-state index in [0.29, 0.717) is 19.4 Å². The average Bonchev–Trinajstić information content (AvgIpc) is 3.34. The summed E-state index contributed by atoms with van der Waals surface area (Å²) in [5, 5.41) is 54.2. The molecule has 11 heteroatoms. The van der Waals surface area contributed by atoms with Gasteiger partial charge in [-0.1, -0.05) is 237 Å². The third-order valence-electron chi connectivity index (χ3n) is 13.8. The molecule has 0 spiro atoms. The molecule has 1 amide bonds. The van der Waals surface area contributed by atoms with Crippen LogP contribution in [0.3, 0.4) is 0 Å². The molecule has 0 bridgehead atoms. The van der Waals surface area contributed by atoms with Gasteiger partial charge in [0.1, 0.15) is 24.4 Å². The molecule has 406 valence electrons. The minimum absolute atomic E-state index is 0.00671. The highest BCUT2D eigenvalue weighted by molar-refractivity contribution is 5.76. The SMILES string of the molecule is CCCCCCC/C=C/CC/C=C/C(O)C(COC1OC(CO)C(O)C(O)C1O)NC(=O)CCCCCCCCCCCCCCCCCCCCCOC(=O)CCCCCCCCCCCCC. The number of ether oxygens (including phenoxy) is 3. The maximum absolute atomic E-state index is 13.0. The molecule has 0 aromatic heterocycles. The Kier molecular flexibility index (Phi) is 45.7. The van der Waals surface area contributed by atoms with Crippen molar-refractivity contribution in [2.75, 3.05) is 19.8 Å². The summed E-state index contributed by atoms with van der Waals surface area (Å²) in [6.07, 6.45) is 47.0. The van der Waals surface area contributed by atoms with Gasteiger partial charge in [0.15, 0.2) is 6.29 Å². The van der Waals surface area contributed by atoms with Gasteiger partial charge in [0.25, 0.3) is 0 Å². The molecule has 0 aromatic carbocycles. The van der Waals surface area contributed by atoms with Crippen LogP contribution < -0.4 is 5.32 Å². The number of hydrogen-bond acceptors (Lipinski definition) is 10. The number of carbonyl (C=O) groups excluding carboxylic acids is 2. The maximum atomic E-state index is 13.0. The van der Waals surface area contributed by atoms with Crippen LogP contribution in [0.4, 0.5) is 0 Å². The number of hydrogen-bond donors (Lipinski definition) is 6. The van der Waals surface area contributed by atoms with Crippen LogP contribution in [-0.2, 0) is 23.8 Å². The summed E-state index contributed by atoms with van der Waals surface area (Å²) >= 11 is 0. The molecule has 1 fully saturated rings. The van der Waals surface area contributed by atoms with Crippen molar-refractivity contribution in [3.63, 3.8) is 0 Å². The second-order valence-electron chi connectivity index (χ2n) is 20.3. The van der Waals surface area contributed by atoms with E-state index in [9.17, 15) is 35.1 Å². The van der Waals surface area contributed by atoms with Crippen LogP contribution in [0.2, 0.25) is 0 Å². The zero-order valence-corrected chi connectivity index (χ0v) is 44.5. The molecule has 11 nitrogen and oxygen atoms in total. The summed E-state index contributed by atoms with van der Waals surface area (Å²) in [7, 11) is 0. The first-order chi connectivity index (χ1) is 33.7. The lowest BCUT2D eigenvalue weighted by molar-refractivity contribution is -0.302. The number of nitrogens with one attached hydrogen (secondary N) is 1. The van der Waals surface area contributed by atoms with Crippen LogP contribution in [0.15, 0.2) is 24.3 Å². The molecule has 7 unspecified atom stereocenters. The van der Waals surface area contributed by atoms with Crippen LogP contribution >= 0.6 is 0 Å². The van der Waals surface area contributed by atoms with Crippen molar-refractivity contribution in [2.45, 2.75) is 314 Å². The number of allylic oxidation sites excluding steroid dienone is 3. The van der Waals surface area contributed by atoms with Gasteiger partial charge in [-0.25, -0.2) is 0 Å². The Morgan fingerprint density at radius 3 is 1.43 bits per heavy atom. The van der Waals surface area contributed by atoms with E-state index < -0.39 is 49.5 Å². The fourth-order valence-electron chi connectivity index (χ4n) is 9.16. The summed E-state index contributed by atoms with van der Waals surface area (Å²) in [6, 6.07) is -0.828. The number of aliphatic hydroxyl groups excluding tert-OH is 5. The average molecular weight is 981 g/mol. The number of amides is 1. The van der Waals surface area contributed by atoms with Crippen LogP contribution in [0.25, 0.3) is 0 Å². The third-order valence-corrected chi connectivity index (χ3v) is 13.8. The molecule has 1 aliphatic rings. The largest absolute Gasteiger partial charge is 0.466 e. The Morgan fingerprint density at radius 2 is 0.942 bits per heavy atom. The molecule has 6 N–H and O–H groups in total. The molecule has 7 atom stereocenters. The van der Waals surface area contributed by atoms with Gasteiger partial charge in [-0.05, 0) is 44.9 Å². The second kappa shape index (κ2) is 48.4. The predicted molar refractivity (Wildman–Crippen MR) is 283 cm³/mol. The number of carbonyl (C=O) groups is 2. The first-order valence-corrected chi connectivity index (χ1v) is 29.1. The Labute approximate surface area is 422 Å². The normalized spacial score (nSPS) is 19.4. The van der Waals surface area contributed by atoms with Crippen LogP contribution in [-0.4, -0.2) is 100 Å². The summed E-state index contributed by atoms with van der Waals surface area (Å²) in [5.74, 6) is -0.202. The number of rotatable bonds is 50. The van der Waals surface area contributed by atoms with E-state index in [0.717, 1.165) is 64.2 Å². The van der Waals surface area contributed by atoms with E-state index in [4.69, 9.17) is 14.2 Å². The number of aliphatic hydroxyl groups is 5. The smallest absolute Gasteiger partial charge is 0.305 e. The van der Waals surface area contributed by atoms with Gasteiger partial charge in [0, 0.05) is 12.8 Å². The molecule has 0 aromatic rings. The van der Waals surface area contributed by atoms with Gasteiger partial charge in [0.2, 0.25) is 5.91 Å². The maximum Gasteiger partial charge on any atom is 0.305 e. The molecular weight excluding hydrogens is 871 g/mol. The topological polar surface area (TPSA) is 175 Å². The van der Waals surface area contributed by atoms with Gasteiger partial charge in [0.05, 0.1) is 32.0 Å². The molecule has 1 aliphatic heterocycles. The van der Waals surface area contributed by atoms with Gasteiger partial charge < -0.3 is 45.1 Å². The molecule has 1 heterocycles. The zero-order valence-electron chi connectivity index (χ0n) is 44.5. The van der Waals surface area contributed by atoms with Crippen molar-refractivity contribution in [1.82, 2.24) is 5.32 Å². The first kappa shape index (κ1) is 65.2. The quantitative estimate of drug-likeness (QED) is 0.0196. The van der Waals surface area contributed by atoms with Crippen LogP contribution in [0.5, 0.6) is 0 Å². The van der Waals surface area contributed by atoms with E-state index in [-0.39, 0.29) is 18.5 Å². The highest BCUT2D eigenvalue weighted by Gasteiger charge is 2.44. The van der Waals surface area contributed by atoms with Gasteiger partial charge in [-0.15, -0.1) is 0 Å². The van der Waals surface area contributed by atoms with Crippen molar-refractivity contribution < 1.29 is 49.3 Å². The van der Waals surface area contributed by atoms with E-state index in [2.05, 4.69) is 31.3 Å². The highest BCUT2D eigenvalue weighted by atomic mass is 16.7.